The van der Waals surface area contributed by atoms with E-state index in [9.17, 15) is 14.4 Å². The Kier molecular flexibility index (Phi) is 6.50. The SMILES string of the molecule is CNC(=O)C(C(=O)NO)N(C)C(=O)c1ccc(-c2ccc(C#CC3CC3)cc2)cc1. The van der Waals surface area contributed by atoms with Gasteiger partial charge in [-0.1, -0.05) is 36.1 Å². The van der Waals surface area contributed by atoms with Gasteiger partial charge in [0.15, 0.2) is 6.04 Å². The normalized spacial score (nSPS) is 13.4. The highest BCUT2D eigenvalue weighted by Crippen LogP contribution is 2.27. The molecule has 154 valence electrons. The highest BCUT2D eigenvalue weighted by Gasteiger charge is 2.33. The molecule has 1 saturated carbocycles. The van der Waals surface area contributed by atoms with Gasteiger partial charge in [0.05, 0.1) is 0 Å². The number of carbonyl (C=O) groups excluding carboxylic acids is 3. The van der Waals surface area contributed by atoms with Crippen LogP contribution in [0.25, 0.3) is 11.1 Å². The number of likely N-dealkylation sites (N-methyl/N-ethyl adjacent to an activating group) is 2. The Morgan fingerprint density at radius 2 is 1.57 bits per heavy atom. The van der Waals surface area contributed by atoms with E-state index in [0.29, 0.717) is 11.5 Å². The quantitative estimate of drug-likeness (QED) is 0.306. The highest BCUT2D eigenvalue weighted by atomic mass is 16.5. The summed E-state index contributed by atoms with van der Waals surface area (Å²) in [4.78, 5) is 37.5. The van der Waals surface area contributed by atoms with Gasteiger partial charge in [-0.25, -0.2) is 5.48 Å². The smallest absolute Gasteiger partial charge is 0.275 e. The van der Waals surface area contributed by atoms with Crippen LogP contribution in [0.4, 0.5) is 0 Å². The fourth-order valence-electron chi connectivity index (χ4n) is 2.95. The third-order valence-electron chi connectivity index (χ3n) is 4.91. The number of rotatable bonds is 5. The molecule has 0 bridgehead atoms. The maximum Gasteiger partial charge on any atom is 0.275 e. The van der Waals surface area contributed by atoms with E-state index in [0.717, 1.165) is 21.6 Å². The number of nitrogens with one attached hydrogen (secondary N) is 2. The lowest BCUT2D eigenvalue weighted by Crippen LogP contribution is -2.54. The van der Waals surface area contributed by atoms with E-state index in [1.807, 2.05) is 24.3 Å². The van der Waals surface area contributed by atoms with Crippen molar-refractivity contribution < 1.29 is 19.6 Å². The molecule has 1 aliphatic rings. The first-order valence-electron chi connectivity index (χ1n) is 9.59. The van der Waals surface area contributed by atoms with Gasteiger partial charge < -0.3 is 10.2 Å². The van der Waals surface area contributed by atoms with Crippen molar-refractivity contribution in [3.8, 4) is 23.0 Å². The summed E-state index contributed by atoms with van der Waals surface area (Å²) in [6.45, 7) is 0. The van der Waals surface area contributed by atoms with Crippen LogP contribution in [0.5, 0.6) is 0 Å². The number of nitrogens with zero attached hydrogens (tertiary/aromatic N) is 1. The lowest BCUT2D eigenvalue weighted by Gasteiger charge is -2.25. The zero-order chi connectivity index (χ0) is 21.7. The van der Waals surface area contributed by atoms with Crippen LogP contribution in [0.15, 0.2) is 48.5 Å². The van der Waals surface area contributed by atoms with Crippen molar-refractivity contribution >= 4 is 17.7 Å². The summed E-state index contributed by atoms with van der Waals surface area (Å²) < 4.78 is 0. The van der Waals surface area contributed by atoms with Gasteiger partial charge >= 0.3 is 0 Å². The zero-order valence-electron chi connectivity index (χ0n) is 16.8. The Bertz CT molecular complexity index is 983. The van der Waals surface area contributed by atoms with E-state index in [2.05, 4.69) is 17.2 Å². The molecule has 3 N–H and O–H groups in total. The average Bonchev–Trinajstić information content (AvgIpc) is 3.62. The van der Waals surface area contributed by atoms with Crippen LogP contribution >= 0.6 is 0 Å². The van der Waals surface area contributed by atoms with Crippen molar-refractivity contribution in [1.29, 1.82) is 0 Å². The number of amides is 3. The molecule has 0 aliphatic heterocycles. The van der Waals surface area contributed by atoms with Gasteiger partial charge in [0.25, 0.3) is 17.7 Å². The van der Waals surface area contributed by atoms with E-state index in [1.54, 1.807) is 24.3 Å². The summed E-state index contributed by atoms with van der Waals surface area (Å²) in [5.41, 5.74) is 4.62. The fourth-order valence-corrected chi connectivity index (χ4v) is 2.95. The van der Waals surface area contributed by atoms with Gasteiger partial charge in [0.2, 0.25) is 0 Å². The predicted octanol–water partition coefficient (Wildman–Crippen LogP) is 1.81. The molecule has 7 heteroatoms. The molecule has 1 aliphatic carbocycles. The van der Waals surface area contributed by atoms with Gasteiger partial charge in [-0.15, -0.1) is 0 Å². The molecule has 0 aromatic heterocycles. The van der Waals surface area contributed by atoms with Crippen molar-refractivity contribution in [2.75, 3.05) is 14.1 Å². The Labute approximate surface area is 175 Å². The molecule has 2 aromatic rings. The molecular weight excluding hydrogens is 382 g/mol. The maximum absolute atomic E-state index is 12.7. The van der Waals surface area contributed by atoms with Gasteiger partial charge in [-0.3, -0.25) is 19.6 Å². The highest BCUT2D eigenvalue weighted by molar-refractivity contribution is 6.08. The molecule has 1 fully saturated rings. The Morgan fingerprint density at radius 1 is 1.00 bits per heavy atom. The van der Waals surface area contributed by atoms with Crippen molar-refractivity contribution in [3.05, 3.63) is 59.7 Å². The van der Waals surface area contributed by atoms with Gasteiger partial charge in [-0.2, -0.15) is 0 Å². The minimum Gasteiger partial charge on any atom is -0.357 e. The molecule has 3 amide bonds. The molecule has 1 atom stereocenters. The van der Waals surface area contributed by atoms with Crippen LogP contribution in [0.3, 0.4) is 0 Å². The van der Waals surface area contributed by atoms with Gasteiger partial charge in [0, 0.05) is 31.1 Å². The molecule has 3 rings (SSSR count). The standard InChI is InChI=1S/C23H23N3O4/c1-24-21(27)20(22(28)25-30)26(2)23(29)19-13-11-18(12-14-19)17-9-7-16(8-10-17)6-5-15-3-4-15/h7-15,20,30H,3-4H2,1-2H3,(H,24,27)(H,25,28). The fraction of sp³-hybridized carbons (Fsp3) is 0.261. The molecule has 0 heterocycles. The largest absolute Gasteiger partial charge is 0.357 e. The number of benzene rings is 2. The van der Waals surface area contributed by atoms with Gasteiger partial charge in [0.1, 0.15) is 0 Å². The van der Waals surface area contributed by atoms with Crippen molar-refractivity contribution in [3.63, 3.8) is 0 Å². The van der Waals surface area contributed by atoms with Crippen molar-refractivity contribution in [2.24, 2.45) is 5.92 Å². The topological polar surface area (TPSA) is 98.7 Å². The molecular formula is C23H23N3O4. The third-order valence-corrected chi connectivity index (χ3v) is 4.91. The Morgan fingerprint density at radius 3 is 2.07 bits per heavy atom. The molecule has 7 nitrogen and oxygen atoms in total. The maximum atomic E-state index is 12.7. The second-order valence-electron chi connectivity index (χ2n) is 7.11. The Hall–Kier alpha value is -3.63. The van der Waals surface area contributed by atoms with Crippen LogP contribution < -0.4 is 10.8 Å². The van der Waals surface area contributed by atoms with Crippen molar-refractivity contribution in [2.45, 2.75) is 18.9 Å². The minimum absolute atomic E-state index is 0.313. The molecule has 1 unspecified atom stereocenters. The van der Waals surface area contributed by atoms with Gasteiger partial charge in [-0.05, 0) is 48.2 Å². The van der Waals surface area contributed by atoms with Crippen LogP contribution in [-0.2, 0) is 9.59 Å². The van der Waals surface area contributed by atoms with Crippen LogP contribution in [0.1, 0.15) is 28.8 Å². The number of hydroxylamine groups is 1. The zero-order valence-corrected chi connectivity index (χ0v) is 16.8. The van der Waals surface area contributed by atoms with E-state index in [1.165, 1.54) is 32.4 Å². The number of carbonyl (C=O) groups is 3. The van der Waals surface area contributed by atoms with E-state index in [-0.39, 0.29) is 0 Å². The summed E-state index contributed by atoms with van der Waals surface area (Å²) >= 11 is 0. The second-order valence-corrected chi connectivity index (χ2v) is 7.11. The minimum atomic E-state index is -1.49. The Balaban J connectivity index is 1.74. The summed E-state index contributed by atoms with van der Waals surface area (Å²) in [6.07, 6.45) is 2.39. The number of hydrogen-bond donors (Lipinski definition) is 3. The summed E-state index contributed by atoms with van der Waals surface area (Å²) in [7, 11) is 2.67. The lowest BCUT2D eigenvalue weighted by atomic mass is 10.0. The summed E-state index contributed by atoms with van der Waals surface area (Å²) in [5, 5.41) is 11.2. The monoisotopic (exact) mass is 405 g/mol. The van der Waals surface area contributed by atoms with Crippen molar-refractivity contribution in [1.82, 2.24) is 15.7 Å². The van der Waals surface area contributed by atoms with E-state index in [4.69, 9.17) is 5.21 Å². The number of hydrogen-bond acceptors (Lipinski definition) is 4. The molecule has 0 radical (unpaired) electrons. The first kappa shape index (κ1) is 21.1. The third kappa shape index (κ3) is 4.85. The summed E-state index contributed by atoms with van der Waals surface area (Å²) in [5.74, 6) is 4.74. The molecule has 2 aromatic carbocycles. The first-order valence-corrected chi connectivity index (χ1v) is 9.59. The molecule has 30 heavy (non-hydrogen) atoms. The predicted molar refractivity (Wildman–Crippen MR) is 111 cm³/mol. The molecule has 0 saturated heterocycles. The van der Waals surface area contributed by atoms with Crippen LogP contribution in [-0.4, -0.2) is 48.0 Å². The molecule has 0 spiro atoms. The second kappa shape index (κ2) is 9.25. The van der Waals surface area contributed by atoms with E-state index >= 15 is 0 Å². The summed E-state index contributed by atoms with van der Waals surface area (Å²) in [6, 6.07) is 13.3. The lowest BCUT2D eigenvalue weighted by molar-refractivity contribution is -0.140. The van der Waals surface area contributed by atoms with Crippen LogP contribution in [0.2, 0.25) is 0 Å². The van der Waals surface area contributed by atoms with Crippen LogP contribution in [0, 0.1) is 17.8 Å². The average molecular weight is 405 g/mol. The van der Waals surface area contributed by atoms with E-state index < -0.39 is 23.8 Å². The first-order chi connectivity index (χ1) is 14.4.